The minimum absolute atomic E-state index is 0.0320. The van der Waals surface area contributed by atoms with Crippen LogP contribution in [0, 0.1) is 0 Å². The molecule has 0 aliphatic heterocycles. The Labute approximate surface area is 101 Å². The minimum atomic E-state index is -2.73. The van der Waals surface area contributed by atoms with Crippen LogP contribution in [0.4, 0.5) is 14.5 Å². The largest absolute Gasteiger partial charge is 0.273 e. The number of aliphatic imine (C=N–C) groups is 1. The SMILES string of the molecule is CC(=O)NOCc1c(N=C=O)cccc1C(F)F. The van der Waals surface area contributed by atoms with Gasteiger partial charge < -0.3 is 0 Å². The van der Waals surface area contributed by atoms with Gasteiger partial charge in [-0.3, -0.25) is 9.63 Å². The quantitative estimate of drug-likeness (QED) is 0.498. The standard InChI is InChI=1S/C11H10F2N2O3/c1-7(17)15-18-5-9-8(11(12)13)3-2-4-10(9)14-6-16/h2-4,11H,5H2,1H3,(H,15,17). The molecule has 1 aromatic carbocycles. The van der Waals surface area contributed by atoms with Crippen molar-refractivity contribution in [1.29, 1.82) is 0 Å². The number of rotatable bonds is 5. The van der Waals surface area contributed by atoms with Crippen LogP contribution >= 0.6 is 0 Å². The Bertz CT molecular complexity index is 485. The van der Waals surface area contributed by atoms with Gasteiger partial charge in [-0.1, -0.05) is 12.1 Å². The maximum atomic E-state index is 12.8. The number of hydroxylamine groups is 1. The molecule has 96 valence electrons. The first-order valence-electron chi connectivity index (χ1n) is 4.92. The topological polar surface area (TPSA) is 67.8 Å². The Balaban J connectivity index is 3.02. The predicted molar refractivity (Wildman–Crippen MR) is 57.8 cm³/mol. The first-order chi connectivity index (χ1) is 8.56. The molecule has 1 amide bonds. The number of amides is 1. The molecule has 0 aromatic heterocycles. The van der Waals surface area contributed by atoms with E-state index in [0.29, 0.717) is 0 Å². The van der Waals surface area contributed by atoms with Gasteiger partial charge in [-0.05, 0) is 6.07 Å². The van der Waals surface area contributed by atoms with Crippen LogP contribution in [0.25, 0.3) is 0 Å². The van der Waals surface area contributed by atoms with Gasteiger partial charge in [0.2, 0.25) is 12.0 Å². The van der Waals surface area contributed by atoms with E-state index in [1.165, 1.54) is 31.2 Å². The lowest BCUT2D eigenvalue weighted by atomic mass is 10.1. The zero-order valence-electron chi connectivity index (χ0n) is 9.44. The predicted octanol–water partition coefficient (Wildman–Crippen LogP) is 2.16. The Morgan fingerprint density at radius 1 is 1.56 bits per heavy atom. The molecule has 0 radical (unpaired) electrons. The van der Waals surface area contributed by atoms with Gasteiger partial charge in [0.05, 0.1) is 5.69 Å². The third-order valence-corrected chi connectivity index (χ3v) is 2.02. The van der Waals surface area contributed by atoms with Gasteiger partial charge in [0, 0.05) is 18.1 Å². The molecule has 18 heavy (non-hydrogen) atoms. The van der Waals surface area contributed by atoms with E-state index in [1.807, 2.05) is 5.48 Å². The lowest BCUT2D eigenvalue weighted by molar-refractivity contribution is -0.132. The molecule has 0 spiro atoms. The summed E-state index contributed by atoms with van der Waals surface area (Å²) in [6.07, 6.45) is -1.46. The number of carbonyl (C=O) groups excluding carboxylic acids is 2. The number of carbonyl (C=O) groups is 1. The molecule has 0 aliphatic rings. The molecule has 0 heterocycles. The molecule has 0 saturated heterocycles. The Kier molecular flexibility index (Phi) is 5.10. The lowest BCUT2D eigenvalue weighted by Gasteiger charge is -2.11. The molecule has 7 heteroatoms. The van der Waals surface area contributed by atoms with Crippen LogP contribution in [0.15, 0.2) is 23.2 Å². The molecule has 0 atom stereocenters. The molecule has 1 rings (SSSR count). The van der Waals surface area contributed by atoms with E-state index in [1.54, 1.807) is 0 Å². The number of nitrogens with one attached hydrogen (secondary N) is 1. The highest BCUT2D eigenvalue weighted by Gasteiger charge is 2.16. The Morgan fingerprint density at radius 2 is 2.28 bits per heavy atom. The summed E-state index contributed by atoms with van der Waals surface area (Å²) in [5.41, 5.74) is 1.76. The summed E-state index contributed by atoms with van der Waals surface area (Å²) in [6.45, 7) is 0.893. The lowest BCUT2D eigenvalue weighted by Crippen LogP contribution is -2.20. The molecular formula is C11H10F2N2O3. The average Bonchev–Trinajstić information content (AvgIpc) is 2.30. The summed E-state index contributed by atoms with van der Waals surface area (Å²) >= 11 is 0. The van der Waals surface area contributed by atoms with E-state index in [2.05, 4.69) is 4.99 Å². The van der Waals surface area contributed by atoms with Gasteiger partial charge >= 0.3 is 0 Å². The molecule has 1 aromatic rings. The van der Waals surface area contributed by atoms with Gasteiger partial charge in [-0.2, -0.15) is 4.99 Å². The average molecular weight is 256 g/mol. The van der Waals surface area contributed by atoms with E-state index in [0.717, 1.165) is 0 Å². The Morgan fingerprint density at radius 3 is 2.83 bits per heavy atom. The van der Waals surface area contributed by atoms with Crippen LogP contribution in [0.5, 0.6) is 0 Å². The molecule has 0 aliphatic carbocycles. The van der Waals surface area contributed by atoms with E-state index in [9.17, 15) is 18.4 Å². The van der Waals surface area contributed by atoms with Crippen molar-refractivity contribution in [2.24, 2.45) is 4.99 Å². The number of alkyl halides is 2. The van der Waals surface area contributed by atoms with Crippen molar-refractivity contribution in [2.45, 2.75) is 20.0 Å². The van der Waals surface area contributed by atoms with E-state index in [4.69, 9.17) is 4.84 Å². The van der Waals surface area contributed by atoms with Crippen LogP contribution in [0.3, 0.4) is 0 Å². The summed E-state index contributed by atoms with van der Waals surface area (Å²) in [5.74, 6) is -0.468. The maximum Gasteiger partial charge on any atom is 0.264 e. The summed E-state index contributed by atoms with van der Waals surface area (Å²) in [5, 5.41) is 0. The highest BCUT2D eigenvalue weighted by molar-refractivity contribution is 5.71. The minimum Gasteiger partial charge on any atom is -0.273 e. The van der Waals surface area contributed by atoms with Crippen molar-refractivity contribution < 1.29 is 23.2 Å². The van der Waals surface area contributed by atoms with Crippen LogP contribution in [0.2, 0.25) is 0 Å². The van der Waals surface area contributed by atoms with Crippen molar-refractivity contribution in [1.82, 2.24) is 5.48 Å². The number of isocyanates is 1. The van der Waals surface area contributed by atoms with Gasteiger partial charge in [0.25, 0.3) is 6.43 Å². The highest BCUT2D eigenvalue weighted by Crippen LogP contribution is 2.30. The van der Waals surface area contributed by atoms with Crippen molar-refractivity contribution >= 4 is 17.7 Å². The van der Waals surface area contributed by atoms with Gasteiger partial charge in [-0.25, -0.2) is 19.1 Å². The second kappa shape index (κ2) is 6.58. The monoisotopic (exact) mass is 256 g/mol. The smallest absolute Gasteiger partial charge is 0.264 e. The van der Waals surface area contributed by atoms with Gasteiger partial charge in [-0.15, -0.1) is 0 Å². The zero-order valence-corrected chi connectivity index (χ0v) is 9.44. The van der Waals surface area contributed by atoms with Crippen LogP contribution in [0.1, 0.15) is 24.5 Å². The van der Waals surface area contributed by atoms with Gasteiger partial charge in [0.15, 0.2) is 0 Å². The van der Waals surface area contributed by atoms with Gasteiger partial charge in [0.1, 0.15) is 6.61 Å². The first-order valence-corrected chi connectivity index (χ1v) is 4.92. The van der Waals surface area contributed by atoms with Crippen molar-refractivity contribution in [3.05, 3.63) is 29.3 Å². The fourth-order valence-corrected chi connectivity index (χ4v) is 1.32. The third kappa shape index (κ3) is 3.73. The molecule has 0 fully saturated rings. The molecule has 0 unspecified atom stereocenters. The van der Waals surface area contributed by atoms with Crippen molar-refractivity contribution in [3.8, 4) is 0 Å². The summed E-state index contributed by atoms with van der Waals surface area (Å²) in [4.78, 5) is 28.8. The number of halogens is 2. The first kappa shape index (κ1) is 14.0. The molecule has 5 nitrogen and oxygen atoms in total. The number of hydrogen-bond acceptors (Lipinski definition) is 4. The number of hydrogen-bond donors (Lipinski definition) is 1. The third-order valence-electron chi connectivity index (χ3n) is 2.02. The number of nitrogens with zero attached hydrogens (tertiary/aromatic N) is 1. The fraction of sp³-hybridized carbons (Fsp3) is 0.273. The normalized spacial score (nSPS) is 10.0. The van der Waals surface area contributed by atoms with E-state index in [-0.39, 0.29) is 23.4 Å². The second-order valence-electron chi connectivity index (χ2n) is 3.30. The second-order valence-corrected chi connectivity index (χ2v) is 3.30. The molecular weight excluding hydrogens is 246 g/mol. The van der Waals surface area contributed by atoms with Crippen molar-refractivity contribution in [2.75, 3.05) is 0 Å². The summed E-state index contributed by atoms with van der Waals surface area (Å²) in [7, 11) is 0. The van der Waals surface area contributed by atoms with E-state index >= 15 is 0 Å². The summed E-state index contributed by atoms with van der Waals surface area (Å²) in [6, 6.07) is 3.92. The highest BCUT2D eigenvalue weighted by atomic mass is 19.3. The molecule has 0 bridgehead atoms. The fourth-order valence-electron chi connectivity index (χ4n) is 1.32. The maximum absolute atomic E-state index is 12.8. The Hall–Kier alpha value is -2.11. The van der Waals surface area contributed by atoms with Crippen LogP contribution in [-0.4, -0.2) is 12.0 Å². The zero-order chi connectivity index (χ0) is 13.5. The molecule has 0 saturated carbocycles. The number of benzene rings is 1. The molecule has 1 N–H and O–H groups in total. The van der Waals surface area contributed by atoms with E-state index < -0.39 is 12.3 Å². The summed E-state index contributed by atoms with van der Waals surface area (Å²) < 4.78 is 25.5. The van der Waals surface area contributed by atoms with Crippen LogP contribution in [-0.2, 0) is 21.0 Å². The van der Waals surface area contributed by atoms with Crippen LogP contribution < -0.4 is 5.48 Å². The van der Waals surface area contributed by atoms with Crippen molar-refractivity contribution in [3.63, 3.8) is 0 Å².